The van der Waals surface area contributed by atoms with Crippen LogP contribution in [0.3, 0.4) is 0 Å². The van der Waals surface area contributed by atoms with E-state index in [1.165, 1.54) is 5.56 Å². The molecule has 2 heterocycles. The summed E-state index contributed by atoms with van der Waals surface area (Å²) in [5.41, 5.74) is 4.22. The van der Waals surface area contributed by atoms with Crippen LogP contribution in [0.2, 0.25) is 0 Å². The highest BCUT2D eigenvalue weighted by Gasteiger charge is 2.09. The summed E-state index contributed by atoms with van der Waals surface area (Å²) < 4.78 is 1.06. The predicted octanol–water partition coefficient (Wildman–Crippen LogP) is 4.94. The zero-order valence-corrected chi connectivity index (χ0v) is 12.7. The Balaban J connectivity index is 2.03. The second-order valence-electron chi connectivity index (χ2n) is 4.24. The van der Waals surface area contributed by atoms with Gasteiger partial charge in [0.25, 0.3) is 0 Å². The molecule has 0 radical (unpaired) electrons. The quantitative estimate of drug-likeness (QED) is 0.664. The first-order chi connectivity index (χ1) is 9.24. The second-order valence-corrected chi connectivity index (χ2v) is 5.95. The van der Waals surface area contributed by atoms with Crippen molar-refractivity contribution in [1.82, 2.24) is 9.97 Å². The van der Waals surface area contributed by atoms with E-state index in [9.17, 15) is 0 Å². The molecule has 0 aliphatic rings. The van der Waals surface area contributed by atoms with Crippen LogP contribution in [0.1, 0.15) is 5.56 Å². The maximum Gasteiger partial charge on any atom is 0.142 e. The number of rotatable bonds is 2. The lowest BCUT2D eigenvalue weighted by Gasteiger charge is -1.99. The van der Waals surface area contributed by atoms with E-state index in [1.54, 1.807) is 11.3 Å². The number of aromatic nitrogens is 2. The molecule has 94 valence electrons. The summed E-state index contributed by atoms with van der Waals surface area (Å²) >= 11 is 5.18. The molecule has 0 atom stereocenters. The van der Waals surface area contributed by atoms with Gasteiger partial charge in [-0.1, -0.05) is 34.1 Å². The third-order valence-corrected chi connectivity index (χ3v) is 4.34. The Morgan fingerprint density at radius 2 is 1.95 bits per heavy atom. The molecule has 3 aromatic rings. The van der Waals surface area contributed by atoms with Crippen molar-refractivity contribution in [3.05, 3.63) is 58.0 Å². The van der Waals surface area contributed by atoms with Crippen molar-refractivity contribution >= 4 is 27.3 Å². The van der Waals surface area contributed by atoms with Crippen molar-refractivity contribution in [1.29, 1.82) is 0 Å². The standard InChI is InChI=1S/C15H11BrN2S/c1-10-6-7-17-13(8-10)15-18-14(9-19-15)11-4-2-3-5-12(11)16/h2-9H,1H3. The lowest BCUT2D eigenvalue weighted by atomic mass is 10.2. The van der Waals surface area contributed by atoms with Crippen LogP contribution in [0, 0.1) is 6.92 Å². The lowest BCUT2D eigenvalue weighted by Crippen LogP contribution is -1.84. The van der Waals surface area contributed by atoms with Gasteiger partial charge in [0.15, 0.2) is 0 Å². The molecule has 0 aliphatic heterocycles. The van der Waals surface area contributed by atoms with E-state index in [1.807, 2.05) is 30.5 Å². The van der Waals surface area contributed by atoms with E-state index < -0.39 is 0 Å². The van der Waals surface area contributed by atoms with E-state index in [-0.39, 0.29) is 0 Å². The monoisotopic (exact) mass is 330 g/mol. The topological polar surface area (TPSA) is 25.8 Å². The van der Waals surface area contributed by atoms with Crippen molar-refractivity contribution in [3.63, 3.8) is 0 Å². The second kappa shape index (κ2) is 5.23. The van der Waals surface area contributed by atoms with E-state index in [0.717, 1.165) is 26.4 Å². The number of hydrogen-bond acceptors (Lipinski definition) is 3. The number of pyridine rings is 1. The molecule has 2 aromatic heterocycles. The van der Waals surface area contributed by atoms with E-state index in [0.29, 0.717) is 0 Å². The van der Waals surface area contributed by atoms with Gasteiger partial charge in [-0.3, -0.25) is 4.98 Å². The molecule has 0 saturated heterocycles. The smallest absolute Gasteiger partial charge is 0.142 e. The molecular formula is C15H11BrN2S. The Morgan fingerprint density at radius 3 is 2.74 bits per heavy atom. The molecule has 19 heavy (non-hydrogen) atoms. The normalized spacial score (nSPS) is 10.6. The molecule has 0 bridgehead atoms. The molecule has 4 heteroatoms. The SMILES string of the molecule is Cc1ccnc(-c2nc(-c3ccccc3Br)cs2)c1. The summed E-state index contributed by atoms with van der Waals surface area (Å²) in [6, 6.07) is 12.2. The van der Waals surface area contributed by atoms with Gasteiger partial charge in [0, 0.05) is 21.6 Å². The number of hydrogen-bond donors (Lipinski definition) is 0. The first-order valence-electron chi connectivity index (χ1n) is 5.87. The summed E-state index contributed by atoms with van der Waals surface area (Å²) in [7, 11) is 0. The summed E-state index contributed by atoms with van der Waals surface area (Å²) in [5.74, 6) is 0. The largest absolute Gasteiger partial charge is 0.254 e. The highest BCUT2D eigenvalue weighted by Crippen LogP contribution is 2.31. The number of benzene rings is 1. The van der Waals surface area contributed by atoms with Gasteiger partial charge in [-0.15, -0.1) is 11.3 Å². The summed E-state index contributed by atoms with van der Waals surface area (Å²) in [4.78, 5) is 9.05. The molecule has 0 fully saturated rings. The van der Waals surface area contributed by atoms with Crippen LogP contribution in [0.4, 0.5) is 0 Å². The fraction of sp³-hybridized carbons (Fsp3) is 0.0667. The van der Waals surface area contributed by atoms with E-state index in [2.05, 4.69) is 50.3 Å². The summed E-state index contributed by atoms with van der Waals surface area (Å²) in [5, 5.41) is 3.02. The average molecular weight is 331 g/mol. The minimum atomic E-state index is 0.934. The average Bonchev–Trinajstić information content (AvgIpc) is 2.89. The molecule has 0 unspecified atom stereocenters. The maximum absolute atomic E-state index is 4.68. The number of nitrogens with zero attached hydrogens (tertiary/aromatic N) is 2. The van der Waals surface area contributed by atoms with E-state index >= 15 is 0 Å². The number of halogens is 1. The first-order valence-corrected chi connectivity index (χ1v) is 7.55. The zero-order chi connectivity index (χ0) is 13.2. The van der Waals surface area contributed by atoms with Crippen LogP contribution in [-0.2, 0) is 0 Å². The summed E-state index contributed by atoms with van der Waals surface area (Å²) in [6.07, 6.45) is 1.82. The predicted molar refractivity (Wildman–Crippen MR) is 83.2 cm³/mol. The molecule has 2 nitrogen and oxygen atoms in total. The van der Waals surface area contributed by atoms with Gasteiger partial charge in [0.2, 0.25) is 0 Å². The van der Waals surface area contributed by atoms with Crippen LogP contribution >= 0.6 is 27.3 Å². The molecular weight excluding hydrogens is 320 g/mol. The lowest BCUT2D eigenvalue weighted by molar-refractivity contribution is 1.26. The van der Waals surface area contributed by atoms with Crippen LogP contribution in [0.25, 0.3) is 22.0 Å². The van der Waals surface area contributed by atoms with Gasteiger partial charge in [0.1, 0.15) is 5.01 Å². The van der Waals surface area contributed by atoms with Crippen LogP contribution in [-0.4, -0.2) is 9.97 Å². The zero-order valence-electron chi connectivity index (χ0n) is 10.3. The van der Waals surface area contributed by atoms with Crippen molar-refractivity contribution in [2.24, 2.45) is 0 Å². The Kier molecular flexibility index (Phi) is 3.44. The van der Waals surface area contributed by atoms with Crippen molar-refractivity contribution in [2.45, 2.75) is 6.92 Å². The minimum absolute atomic E-state index is 0.934. The Hall–Kier alpha value is -1.52. The third kappa shape index (κ3) is 2.60. The van der Waals surface area contributed by atoms with Gasteiger partial charge >= 0.3 is 0 Å². The van der Waals surface area contributed by atoms with Crippen LogP contribution < -0.4 is 0 Å². The highest BCUT2D eigenvalue weighted by atomic mass is 79.9. The van der Waals surface area contributed by atoms with Crippen LogP contribution in [0.5, 0.6) is 0 Å². The minimum Gasteiger partial charge on any atom is -0.254 e. The van der Waals surface area contributed by atoms with Gasteiger partial charge in [-0.2, -0.15) is 0 Å². The molecule has 1 aromatic carbocycles. The molecule has 0 N–H and O–H groups in total. The van der Waals surface area contributed by atoms with Gasteiger partial charge in [0.05, 0.1) is 11.4 Å². The Bertz CT molecular complexity index is 721. The molecule has 0 spiro atoms. The maximum atomic E-state index is 4.68. The van der Waals surface area contributed by atoms with Crippen molar-refractivity contribution < 1.29 is 0 Å². The Labute approximate surface area is 124 Å². The van der Waals surface area contributed by atoms with Gasteiger partial charge in [-0.25, -0.2) is 4.98 Å². The highest BCUT2D eigenvalue weighted by molar-refractivity contribution is 9.10. The Morgan fingerprint density at radius 1 is 1.11 bits per heavy atom. The van der Waals surface area contributed by atoms with Gasteiger partial charge < -0.3 is 0 Å². The van der Waals surface area contributed by atoms with E-state index in [4.69, 9.17) is 0 Å². The molecule has 3 rings (SSSR count). The summed E-state index contributed by atoms with van der Waals surface area (Å²) in [6.45, 7) is 2.06. The number of thiazole rings is 1. The first kappa shape index (κ1) is 12.5. The third-order valence-electron chi connectivity index (χ3n) is 2.79. The molecule has 0 saturated carbocycles. The van der Waals surface area contributed by atoms with Crippen molar-refractivity contribution in [2.75, 3.05) is 0 Å². The number of aryl methyl sites for hydroxylation is 1. The molecule has 0 amide bonds. The fourth-order valence-corrected chi connectivity index (χ4v) is 3.11. The van der Waals surface area contributed by atoms with Crippen molar-refractivity contribution in [3.8, 4) is 22.0 Å². The van der Waals surface area contributed by atoms with Gasteiger partial charge in [-0.05, 0) is 30.7 Å². The fourth-order valence-electron chi connectivity index (χ4n) is 1.84. The van der Waals surface area contributed by atoms with Crippen LogP contribution in [0.15, 0.2) is 52.4 Å². The molecule has 0 aliphatic carbocycles.